The Morgan fingerprint density at radius 3 is 2.95 bits per heavy atom. The maximum Gasteiger partial charge on any atom is 0.0706 e. The molecule has 4 heteroatoms. The summed E-state index contributed by atoms with van der Waals surface area (Å²) in [5.41, 5.74) is 2.48. The Labute approximate surface area is 127 Å². The molecule has 0 bridgehead atoms. The summed E-state index contributed by atoms with van der Waals surface area (Å²) in [4.78, 5) is 2.62. The maximum atomic E-state index is 4.38. The number of pyridine rings is 1. The van der Waals surface area contributed by atoms with Gasteiger partial charge in [0.25, 0.3) is 0 Å². The number of nitrogens with one attached hydrogen (secondary N) is 1. The molecule has 21 heavy (non-hydrogen) atoms. The fraction of sp³-hybridized carbons (Fsp3) is 0.588. The second-order valence-corrected chi connectivity index (χ2v) is 6.30. The minimum Gasteiger partial charge on any atom is -0.312 e. The lowest BCUT2D eigenvalue weighted by Gasteiger charge is -2.29. The number of rotatable bonds is 6. The van der Waals surface area contributed by atoms with Gasteiger partial charge in [0.2, 0.25) is 0 Å². The number of aromatic nitrogens is 2. The van der Waals surface area contributed by atoms with Crippen LogP contribution in [0.2, 0.25) is 0 Å². The van der Waals surface area contributed by atoms with Crippen molar-refractivity contribution >= 4 is 5.52 Å². The molecule has 1 unspecified atom stereocenters. The van der Waals surface area contributed by atoms with Gasteiger partial charge >= 0.3 is 0 Å². The van der Waals surface area contributed by atoms with Crippen LogP contribution in [-0.2, 0) is 6.54 Å². The molecule has 2 aromatic rings. The Hall–Kier alpha value is -1.39. The second-order valence-electron chi connectivity index (χ2n) is 6.30. The molecule has 114 valence electrons. The average Bonchev–Trinajstić information content (AvgIpc) is 2.92. The molecular formula is C17H26N4. The lowest BCUT2D eigenvalue weighted by molar-refractivity contribution is 0.199. The minimum atomic E-state index is 0.699. The van der Waals surface area contributed by atoms with E-state index in [0.717, 1.165) is 13.1 Å². The summed E-state index contributed by atoms with van der Waals surface area (Å²) in [5, 5.41) is 7.97. The molecule has 0 amide bonds. The van der Waals surface area contributed by atoms with Crippen molar-refractivity contribution in [2.24, 2.45) is 5.92 Å². The smallest absolute Gasteiger partial charge is 0.0706 e. The van der Waals surface area contributed by atoms with E-state index in [2.05, 4.69) is 34.4 Å². The van der Waals surface area contributed by atoms with Gasteiger partial charge in [-0.1, -0.05) is 19.4 Å². The minimum absolute atomic E-state index is 0.699. The van der Waals surface area contributed by atoms with Gasteiger partial charge in [-0.25, -0.2) is 4.52 Å². The van der Waals surface area contributed by atoms with E-state index in [9.17, 15) is 0 Å². The summed E-state index contributed by atoms with van der Waals surface area (Å²) >= 11 is 0. The van der Waals surface area contributed by atoms with Gasteiger partial charge in [-0.15, -0.1) is 0 Å². The number of fused-ring (bicyclic) bond motifs is 1. The molecule has 0 radical (unpaired) electrons. The fourth-order valence-electron chi connectivity index (χ4n) is 3.22. The highest BCUT2D eigenvalue weighted by atomic mass is 15.2. The third kappa shape index (κ3) is 3.83. The molecule has 1 aliphatic heterocycles. The van der Waals surface area contributed by atoms with Gasteiger partial charge in [-0.3, -0.25) is 0 Å². The highest BCUT2D eigenvalue weighted by molar-refractivity contribution is 5.53. The molecule has 3 rings (SSSR count). The second kappa shape index (κ2) is 7.05. The first kappa shape index (κ1) is 14.5. The Morgan fingerprint density at radius 2 is 2.10 bits per heavy atom. The zero-order valence-corrected chi connectivity index (χ0v) is 13.0. The largest absolute Gasteiger partial charge is 0.312 e. The molecule has 1 saturated heterocycles. The summed E-state index contributed by atoms with van der Waals surface area (Å²) in [6.45, 7) is 8.12. The Morgan fingerprint density at radius 1 is 1.24 bits per heavy atom. The zero-order chi connectivity index (χ0) is 14.5. The van der Waals surface area contributed by atoms with Crippen molar-refractivity contribution in [1.82, 2.24) is 19.8 Å². The molecule has 4 nitrogen and oxygen atoms in total. The normalized spacial score (nSPS) is 18.1. The average molecular weight is 286 g/mol. The molecule has 2 aromatic heterocycles. The lowest BCUT2D eigenvalue weighted by Crippen LogP contribution is -2.36. The van der Waals surface area contributed by atoms with Crippen LogP contribution in [0.1, 0.15) is 31.7 Å². The molecule has 0 aliphatic carbocycles. The van der Waals surface area contributed by atoms with Crippen LogP contribution in [-0.4, -0.2) is 40.7 Å². The van der Waals surface area contributed by atoms with E-state index in [1.54, 1.807) is 0 Å². The van der Waals surface area contributed by atoms with Crippen LogP contribution >= 0.6 is 0 Å². The standard InChI is InChI=1S/C17H26N4/c1-15(14-20-8-4-2-5-9-20)11-18-12-16-13-19-21-10-6-3-7-17(16)21/h3,6-7,10,13,15,18H,2,4-5,8-9,11-12,14H2,1H3. The summed E-state index contributed by atoms with van der Waals surface area (Å²) in [5.74, 6) is 0.699. The Balaban J connectivity index is 1.45. The van der Waals surface area contributed by atoms with Crippen molar-refractivity contribution in [1.29, 1.82) is 0 Å². The summed E-state index contributed by atoms with van der Waals surface area (Å²) in [7, 11) is 0. The van der Waals surface area contributed by atoms with Gasteiger partial charge in [-0.2, -0.15) is 5.10 Å². The van der Waals surface area contributed by atoms with Crippen LogP contribution in [0.25, 0.3) is 5.52 Å². The first-order valence-electron chi connectivity index (χ1n) is 8.17. The summed E-state index contributed by atoms with van der Waals surface area (Å²) in [6.07, 6.45) is 8.14. The van der Waals surface area contributed by atoms with E-state index in [-0.39, 0.29) is 0 Å². The van der Waals surface area contributed by atoms with E-state index in [1.807, 2.05) is 23.0 Å². The first-order chi connectivity index (χ1) is 10.3. The topological polar surface area (TPSA) is 32.6 Å². The van der Waals surface area contributed by atoms with Crippen LogP contribution in [0, 0.1) is 5.92 Å². The van der Waals surface area contributed by atoms with Crippen molar-refractivity contribution in [3.63, 3.8) is 0 Å². The highest BCUT2D eigenvalue weighted by Gasteiger charge is 2.13. The fourth-order valence-corrected chi connectivity index (χ4v) is 3.22. The van der Waals surface area contributed by atoms with Crippen LogP contribution in [0.5, 0.6) is 0 Å². The molecule has 1 fully saturated rings. The number of hydrogen-bond acceptors (Lipinski definition) is 3. The van der Waals surface area contributed by atoms with E-state index >= 15 is 0 Å². The maximum absolute atomic E-state index is 4.38. The van der Waals surface area contributed by atoms with Gasteiger partial charge in [0.15, 0.2) is 0 Å². The van der Waals surface area contributed by atoms with Crippen molar-refractivity contribution in [2.75, 3.05) is 26.2 Å². The summed E-state index contributed by atoms with van der Waals surface area (Å²) in [6, 6.07) is 6.21. The Bertz CT molecular complexity index is 557. The van der Waals surface area contributed by atoms with E-state index < -0.39 is 0 Å². The lowest BCUT2D eigenvalue weighted by atomic mass is 10.1. The van der Waals surface area contributed by atoms with Gasteiger partial charge in [0, 0.05) is 24.8 Å². The monoisotopic (exact) mass is 286 g/mol. The third-order valence-corrected chi connectivity index (χ3v) is 4.33. The van der Waals surface area contributed by atoms with Crippen LogP contribution in [0.3, 0.4) is 0 Å². The number of nitrogens with zero attached hydrogens (tertiary/aromatic N) is 3. The molecular weight excluding hydrogens is 260 g/mol. The van der Waals surface area contributed by atoms with Crippen LogP contribution in [0.4, 0.5) is 0 Å². The highest BCUT2D eigenvalue weighted by Crippen LogP contribution is 2.12. The zero-order valence-electron chi connectivity index (χ0n) is 13.0. The van der Waals surface area contributed by atoms with Gasteiger partial charge < -0.3 is 10.2 Å². The van der Waals surface area contributed by atoms with Crippen molar-refractivity contribution in [3.8, 4) is 0 Å². The predicted octanol–water partition coefficient (Wildman–Crippen LogP) is 2.55. The van der Waals surface area contributed by atoms with Gasteiger partial charge in [-0.05, 0) is 50.5 Å². The molecule has 0 aromatic carbocycles. The number of hydrogen-bond donors (Lipinski definition) is 1. The van der Waals surface area contributed by atoms with Gasteiger partial charge in [0.05, 0.1) is 11.7 Å². The van der Waals surface area contributed by atoms with Gasteiger partial charge in [0.1, 0.15) is 0 Å². The van der Waals surface area contributed by atoms with Crippen molar-refractivity contribution in [2.45, 2.75) is 32.7 Å². The molecule has 1 atom stereocenters. The molecule has 1 aliphatic rings. The number of likely N-dealkylation sites (tertiary alicyclic amines) is 1. The van der Waals surface area contributed by atoms with Crippen molar-refractivity contribution in [3.05, 3.63) is 36.2 Å². The molecule has 0 spiro atoms. The van der Waals surface area contributed by atoms with Crippen LogP contribution in [0.15, 0.2) is 30.6 Å². The molecule has 0 saturated carbocycles. The quantitative estimate of drug-likeness (QED) is 0.886. The third-order valence-electron chi connectivity index (χ3n) is 4.33. The van der Waals surface area contributed by atoms with E-state index in [4.69, 9.17) is 0 Å². The van der Waals surface area contributed by atoms with Crippen LogP contribution < -0.4 is 5.32 Å². The molecule has 3 heterocycles. The predicted molar refractivity (Wildman–Crippen MR) is 86.4 cm³/mol. The first-order valence-corrected chi connectivity index (χ1v) is 8.17. The SMILES string of the molecule is CC(CNCc1cnn2ccccc12)CN1CCCCC1. The van der Waals surface area contributed by atoms with E-state index in [1.165, 1.54) is 50.0 Å². The van der Waals surface area contributed by atoms with Crippen molar-refractivity contribution < 1.29 is 0 Å². The van der Waals surface area contributed by atoms with E-state index in [0.29, 0.717) is 5.92 Å². The number of piperidine rings is 1. The Kier molecular flexibility index (Phi) is 4.88. The molecule has 1 N–H and O–H groups in total. The summed E-state index contributed by atoms with van der Waals surface area (Å²) < 4.78 is 1.94.